The average molecular weight is 271 g/mol. The van der Waals surface area contributed by atoms with Crippen LogP contribution in [0.2, 0.25) is 0 Å². The van der Waals surface area contributed by atoms with Crippen LogP contribution in [-0.2, 0) is 15.9 Å². The van der Waals surface area contributed by atoms with Gasteiger partial charge in [0.2, 0.25) is 0 Å². The van der Waals surface area contributed by atoms with Gasteiger partial charge in [0.25, 0.3) is 0 Å². The van der Waals surface area contributed by atoms with Crippen molar-refractivity contribution in [2.45, 2.75) is 46.6 Å². The lowest BCUT2D eigenvalue weighted by Crippen LogP contribution is -2.13. The molecule has 0 bridgehead atoms. The van der Waals surface area contributed by atoms with E-state index in [1.54, 1.807) is 0 Å². The first kappa shape index (κ1) is 15.1. The van der Waals surface area contributed by atoms with Crippen LogP contribution in [0, 0.1) is 6.92 Å². The Hall–Kier alpha value is -0.940. The van der Waals surface area contributed by atoms with Crippen LogP contribution in [-0.4, -0.2) is 30.3 Å². The van der Waals surface area contributed by atoms with Gasteiger partial charge >= 0.3 is 5.97 Å². The fourth-order valence-corrected chi connectivity index (χ4v) is 2.51. The topological polar surface area (TPSA) is 48.4 Å². The molecule has 1 heterocycles. The van der Waals surface area contributed by atoms with Crippen molar-refractivity contribution in [3.8, 4) is 0 Å². The number of thiazole rings is 1. The molecule has 18 heavy (non-hydrogen) atoms. The Labute approximate surface area is 112 Å². The van der Waals surface area contributed by atoms with Gasteiger partial charge in [0, 0.05) is 0 Å². The minimum Gasteiger partial charge on any atom is -0.459 e. The van der Waals surface area contributed by atoms with Crippen molar-refractivity contribution in [2.24, 2.45) is 0 Å². The number of aromatic nitrogens is 1. The second-order valence-corrected chi connectivity index (χ2v) is 5.41. The summed E-state index contributed by atoms with van der Waals surface area (Å²) in [5.41, 5.74) is 0.762. The standard InChI is InChI=1S/C13H21NO3S/c1-5-6-11-14-10(4)12(18-11)13(15)17-8-7-16-9(2)3/h9H,5-8H2,1-4H3. The van der Waals surface area contributed by atoms with Crippen molar-refractivity contribution in [2.75, 3.05) is 13.2 Å². The molecule has 0 saturated carbocycles. The Morgan fingerprint density at radius 1 is 1.39 bits per heavy atom. The third-order valence-electron chi connectivity index (χ3n) is 2.26. The number of nitrogens with zero attached hydrogens (tertiary/aromatic N) is 1. The molecule has 1 aromatic rings. The number of carbonyl (C=O) groups is 1. The largest absolute Gasteiger partial charge is 0.459 e. The third-order valence-corrected chi connectivity index (χ3v) is 3.46. The number of aryl methyl sites for hydroxylation is 2. The zero-order valence-electron chi connectivity index (χ0n) is 11.5. The lowest BCUT2D eigenvalue weighted by atomic mass is 10.3. The van der Waals surface area contributed by atoms with Gasteiger partial charge < -0.3 is 9.47 Å². The maximum atomic E-state index is 11.8. The first-order valence-corrected chi connectivity index (χ1v) is 7.11. The number of hydrogen-bond donors (Lipinski definition) is 0. The van der Waals surface area contributed by atoms with E-state index in [4.69, 9.17) is 9.47 Å². The molecule has 0 spiro atoms. The Balaban J connectivity index is 2.45. The molecule has 0 atom stereocenters. The first-order valence-electron chi connectivity index (χ1n) is 6.29. The number of ether oxygens (including phenoxy) is 2. The van der Waals surface area contributed by atoms with Crippen LogP contribution < -0.4 is 0 Å². The molecule has 0 aromatic carbocycles. The van der Waals surface area contributed by atoms with E-state index in [1.807, 2.05) is 20.8 Å². The number of esters is 1. The Morgan fingerprint density at radius 3 is 2.72 bits per heavy atom. The lowest BCUT2D eigenvalue weighted by molar-refractivity contribution is 0.0180. The Bertz CT molecular complexity index is 388. The molecule has 0 aliphatic carbocycles. The Kier molecular flexibility index (Phi) is 6.29. The highest BCUT2D eigenvalue weighted by Gasteiger charge is 2.16. The molecule has 5 heteroatoms. The molecule has 1 rings (SSSR count). The molecule has 0 amide bonds. The van der Waals surface area contributed by atoms with E-state index in [1.165, 1.54) is 11.3 Å². The fraction of sp³-hybridized carbons (Fsp3) is 0.692. The van der Waals surface area contributed by atoms with Crippen LogP contribution in [0.4, 0.5) is 0 Å². The normalized spacial score (nSPS) is 10.9. The highest BCUT2D eigenvalue weighted by atomic mass is 32.1. The van der Waals surface area contributed by atoms with Crippen LogP contribution in [0.5, 0.6) is 0 Å². The smallest absolute Gasteiger partial charge is 0.350 e. The molecular weight excluding hydrogens is 250 g/mol. The van der Waals surface area contributed by atoms with Gasteiger partial charge in [0.15, 0.2) is 0 Å². The van der Waals surface area contributed by atoms with Crippen LogP contribution >= 0.6 is 11.3 Å². The highest BCUT2D eigenvalue weighted by Crippen LogP contribution is 2.20. The zero-order valence-corrected chi connectivity index (χ0v) is 12.3. The fourth-order valence-electron chi connectivity index (χ4n) is 1.45. The quantitative estimate of drug-likeness (QED) is 0.565. The summed E-state index contributed by atoms with van der Waals surface area (Å²) >= 11 is 1.43. The van der Waals surface area contributed by atoms with Crippen molar-refractivity contribution in [1.82, 2.24) is 4.98 Å². The number of carbonyl (C=O) groups excluding carboxylic acids is 1. The van der Waals surface area contributed by atoms with Crippen molar-refractivity contribution in [3.05, 3.63) is 15.6 Å². The third kappa shape index (κ3) is 4.74. The summed E-state index contributed by atoms with van der Waals surface area (Å²) in [6.45, 7) is 8.56. The van der Waals surface area contributed by atoms with Crippen molar-refractivity contribution in [3.63, 3.8) is 0 Å². The summed E-state index contributed by atoms with van der Waals surface area (Å²) in [6, 6.07) is 0. The molecule has 0 radical (unpaired) electrons. The molecule has 0 N–H and O–H groups in total. The molecule has 0 aliphatic rings. The van der Waals surface area contributed by atoms with Crippen LogP contribution in [0.25, 0.3) is 0 Å². The first-order chi connectivity index (χ1) is 8.54. The van der Waals surface area contributed by atoms with E-state index in [9.17, 15) is 4.79 Å². The maximum absolute atomic E-state index is 11.8. The van der Waals surface area contributed by atoms with Gasteiger partial charge in [-0.3, -0.25) is 0 Å². The molecule has 4 nitrogen and oxygen atoms in total. The highest BCUT2D eigenvalue weighted by molar-refractivity contribution is 7.13. The van der Waals surface area contributed by atoms with Crippen LogP contribution in [0.1, 0.15) is 47.6 Å². The van der Waals surface area contributed by atoms with E-state index < -0.39 is 0 Å². The molecular formula is C13H21NO3S. The van der Waals surface area contributed by atoms with Crippen molar-refractivity contribution >= 4 is 17.3 Å². The average Bonchev–Trinajstić information content (AvgIpc) is 2.66. The number of rotatable bonds is 7. The SMILES string of the molecule is CCCc1nc(C)c(C(=O)OCCOC(C)C)s1. The van der Waals surface area contributed by atoms with Gasteiger partial charge in [-0.25, -0.2) is 9.78 Å². The van der Waals surface area contributed by atoms with Gasteiger partial charge in [-0.2, -0.15) is 0 Å². The monoisotopic (exact) mass is 271 g/mol. The van der Waals surface area contributed by atoms with Crippen LogP contribution in [0.3, 0.4) is 0 Å². The van der Waals surface area contributed by atoms with Crippen molar-refractivity contribution in [1.29, 1.82) is 0 Å². The minimum absolute atomic E-state index is 0.157. The molecule has 0 fully saturated rings. The summed E-state index contributed by atoms with van der Waals surface area (Å²) in [4.78, 5) is 16.8. The van der Waals surface area contributed by atoms with E-state index in [0.717, 1.165) is 23.5 Å². The molecule has 0 saturated heterocycles. The summed E-state index contributed by atoms with van der Waals surface area (Å²) in [6.07, 6.45) is 2.10. The van der Waals surface area contributed by atoms with E-state index in [0.29, 0.717) is 11.5 Å². The van der Waals surface area contributed by atoms with Gasteiger partial charge in [-0.1, -0.05) is 6.92 Å². The van der Waals surface area contributed by atoms with Crippen molar-refractivity contribution < 1.29 is 14.3 Å². The Morgan fingerprint density at radius 2 is 2.11 bits per heavy atom. The summed E-state index contributed by atoms with van der Waals surface area (Å²) in [5.74, 6) is -0.292. The van der Waals surface area contributed by atoms with E-state index in [2.05, 4.69) is 11.9 Å². The van der Waals surface area contributed by atoms with Gasteiger partial charge in [-0.05, 0) is 33.6 Å². The van der Waals surface area contributed by atoms with Crippen LogP contribution in [0.15, 0.2) is 0 Å². The predicted octanol–water partition coefficient (Wildman–Crippen LogP) is 2.99. The summed E-state index contributed by atoms with van der Waals surface area (Å²) < 4.78 is 10.5. The lowest BCUT2D eigenvalue weighted by Gasteiger charge is -2.07. The number of hydrogen-bond acceptors (Lipinski definition) is 5. The summed E-state index contributed by atoms with van der Waals surface area (Å²) in [7, 11) is 0. The second kappa shape index (κ2) is 7.48. The van der Waals surface area contributed by atoms with Gasteiger partial charge in [0.1, 0.15) is 11.5 Å². The minimum atomic E-state index is -0.292. The molecule has 0 unspecified atom stereocenters. The maximum Gasteiger partial charge on any atom is 0.350 e. The van der Waals surface area contributed by atoms with Gasteiger partial charge in [-0.15, -0.1) is 11.3 Å². The second-order valence-electron chi connectivity index (χ2n) is 4.33. The molecule has 102 valence electrons. The molecule has 0 aliphatic heterocycles. The predicted molar refractivity (Wildman–Crippen MR) is 72.2 cm³/mol. The molecule has 1 aromatic heterocycles. The van der Waals surface area contributed by atoms with E-state index in [-0.39, 0.29) is 18.7 Å². The van der Waals surface area contributed by atoms with Gasteiger partial charge in [0.05, 0.1) is 23.4 Å². The van der Waals surface area contributed by atoms with E-state index >= 15 is 0 Å². The zero-order chi connectivity index (χ0) is 13.5. The summed E-state index contributed by atoms with van der Waals surface area (Å²) in [5, 5.41) is 1.00.